The van der Waals surface area contributed by atoms with Crippen molar-refractivity contribution in [2.24, 2.45) is 0 Å². The van der Waals surface area contributed by atoms with Gasteiger partial charge in [0.25, 0.3) is 0 Å². The van der Waals surface area contributed by atoms with Crippen molar-refractivity contribution >= 4 is 22.6 Å². The van der Waals surface area contributed by atoms with Crippen LogP contribution in [0.15, 0.2) is 54.6 Å². The third kappa shape index (κ3) is 2.05. The molecule has 0 amide bonds. The first kappa shape index (κ1) is 13.7. The van der Waals surface area contributed by atoms with Crippen molar-refractivity contribution in [3.8, 4) is 11.3 Å². The fraction of sp³-hybridized carbons (Fsp3) is 0.100. The fourth-order valence-corrected chi connectivity index (χ4v) is 3.14. The van der Waals surface area contributed by atoms with Gasteiger partial charge in [0, 0.05) is 10.9 Å². The van der Waals surface area contributed by atoms with Gasteiger partial charge in [-0.1, -0.05) is 48.0 Å². The van der Waals surface area contributed by atoms with Crippen LogP contribution in [-0.4, -0.2) is 15.9 Å². The number of pyridine rings is 1. The lowest BCUT2D eigenvalue weighted by molar-refractivity contribution is 0.112. The highest BCUT2D eigenvalue weighted by Crippen LogP contribution is 2.31. The van der Waals surface area contributed by atoms with E-state index in [4.69, 9.17) is 0 Å². The SMILES string of the molecule is Cc1ccc2cc(-c3ccccc3)n3nc(C)c(C=O)c3c2c1. The molecule has 0 atom stereocenters. The first-order valence-corrected chi connectivity index (χ1v) is 7.62. The van der Waals surface area contributed by atoms with Crippen LogP contribution in [0.2, 0.25) is 0 Å². The van der Waals surface area contributed by atoms with E-state index in [0.29, 0.717) is 5.56 Å². The van der Waals surface area contributed by atoms with Crippen LogP contribution in [0, 0.1) is 13.8 Å². The van der Waals surface area contributed by atoms with E-state index in [1.54, 1.807) is 0 Å². The monoisotopic (exact) mass is 300 g/mol. The molecule has 0 bridgehead atoms. The fourth-order valence-electron chi connectivity index (χ4n) is 3.14. The topological polar surface area (TPSA) is 34.4 Å². The van der Waals surface area contributed by atoms with Crippen LogP contribution < -0.4 is 0 Å². The molecule has 0 radical (unpaired) electrons. The van der Waals surface area contributed by atoms with Gasteiger partial charge in [-0.15, -0.1) is 0 Å². The maximum Gasteiger partial charge on any atom is 0.154 e. The van der Waals surface area contributed by atoms with E-state index in [1.807, 2.05) is 29.6 Å². The van der Waals surface area contributed by atoms with Crippen molar-refractivity contribution in [3.63, 3.8) is 0 Å². The van der Waals surface area contributed by atoms with Gasteiger partial charge >= 0.3 is 0 Å². The summed E-state index contributed by atoms with van der Waals surface area (Å²) in [6, 6.07) is 18.6. The zero-order valence-electron chi connectivity index (χ0n) is 13.1. The Morgan fingerprint density at radius 1 is 1.00 bits per heavy atom. The highest BCUT2D eigenvalue weighted by Gasteiger charge is 2.16. The van der Waals surface area contributed by atoms with Gasteiger partial charge < -0.3 is 0 Å². The van der Waals surface area contributed by atoms with Gasteiger partial charge in [0.15, 0.2) is 6.29 Å². The molecule has 23 heavy (non-hydrogen) atoms. The highest BCUT2D eigenvalue weighted by atomic mass is 16.1. The average Bonchev–Trinajstić information content (AvgIpc) is 2.91. The maximum atomic E-state index is 11.6. The second-order valence-electron chi connectivity index (χ2n) is 5.86. The van der Waals surface area contributed by atoms with Gasteiger partial charge in [0.05, 0.1) is 22.5 Å². The minimum Gasteiger partial charge on any atom is -0.298 e. The number of nitrogens with zero attached hydrogens (tertiary/aromatic N) is 2. The van der Waals surface area contributed by atoms with E-state index in [-0.39, 0.29) is 0 Å². The molecule has 2 heterocycles. The molecular formula is C20H16N2O. The first-order valence-electron chi connectivity index (χ1n) is 7.62. The summed E-state index contributed by atoms with van der Waals surface area (Å²) < 4.78 is 1.90. The van der Waals surface area contributed by atoms with E-state index in [9.17, 15) is 4.79 Å². The Morgan fingerprint density at radius 3 is 2.52 bits per heavy atom. The molecule has 4 aromatic rings. The number of aldehydes is 1. The highest BCUT2D eigenvalue weighted by molar-refractivity contribution is 6.06. The lowest BCUT2D eigenvalue weighted by Crippen LogP contribution is -1.96. The lowest BCUT2D eigenvalue weighted by Gasteiger charge is -2.10. The van der Waals surface area contributed by atoms with E-state index in [0.717, 1.165) is 39.5 Å². The van der Waals surface area contributed by atoms with Gasteiger partial charge in [0.1, 0.15) is 0 Å². The Hall–Kier alpha value is -2.94. The smallest absolute Gasteiger partial charge is 0.154 e. The second kappa shape index (κ2) is 5.06. The van der Waals surface area contributed by atoms with Gasteiger partial charge in [-0.3, -0.25) is 4.79 Å². The van der Waals surface area contributed by atoms with Crippen LogP contribution in [0.25, 0.3) is 27.5 Å². The summed E-state index contributed by atoms with van der Waals surface area (Å²) in [5.41, 5.74) is 5.55. The molecule has 0 spiro atoms. The minimum absolute atomic E-state index is 0.665. The van der Waals surface area contributed by atoms with E-state index in [2.05, 4.69) is 48.4 Å². The first-order chi connectivity index (χ1) is 11.2. The summed E-state index contributed by atoms with van der Waals surface area (Å²) in [5.74, 6) is 0. The largest absolute Gasteiger partial charge is 0.298 e. The quantitative estimate of drug-likeness (QED) is 0.508. The average molecular weight is 300 g/mol. The van der Waals surface area contributed by atoms with Gasteiger partial charge in [-0.2, -0.15) is 5.10 Å². The Bertz CT molecular complexity index is 1050. The number of hydrogen-bond acceptors (Lipinski definition) is 2. The number of rotatable bonds is 2. The number of hydrogen-bond donors (Lipinski definition) is 0. The lowest BCUT2D eigenvalue weighted by atomic mass is 10.0. The van der Waals surface area contributed by atoms with Crippen molar-refractivity contribution in [3.05, 3.63) is 71.4 Å². The molecule has 0 aliphatic heterocycles. The molecule has 3 heteroatoms. The molecule has 0 N–H and O–H groups in total. The van der Waals surface area contributed by atoms with Crippen LogP contribution >= 0.6 is 0 Å². The summed E-state index contributed by atoms with van der Waals surface area (Å²) in [6.07, 6.45) is 0.911. The van der Waals surface area contributed by atoms with Crippen molar-refractivity contribution in [1.29, 1.82) is 0 Å². The van der Waals surface area contributed by atoms with Crippen LogP contribution in [-0.2, 0) is 0 Å². The van der Waals surface area contributed by atoms with Crippen molar-refractivity contribution in [2.45, 2.75) is 13.8 Å². The molecule has 4 rings (SSSR count). The third-order valence-electron chi connectivity index (χ3n) is 4.28. The zero-order valence-corrected chi connectivity index (χ0v) is 13.1. The molecule has 0 saturated heterocycles. The van der Waals surface area contributed by atoms with Crippen LogP contribution in [0.1, 0.15) is 21.6 Å². The summed E-state index contributed by atoms with van der Waals surface area (Å²) in [5, 5.41) is 6.80. The van der Waals surface area contributed by atoms with E-state index in [1.165, 1.54) is 5.56 Å². The predicted octanol–water partition coefficient (Wildman–Crippen LogP) is 4.58. The summed E-state index contributed by atoms with van der Waals surface area (Å²) in [6.45, 7) is 3.94. The van der Waals surface area contributed by atoms with Gasteiger partial charge in [0.2, 0.25) is 0 Å². The molecule has 0 unspecified atom stereocenters. The molecule has 2 aromatic carbocycles. The maximum absolute atomic E-state index is 11.6. The molecular weight excluding hydrogens is 284 g/mol. The van der Waals surface area contributed by atoms with Crippen LogP contribution in [0.5, 0.6) is 0 Å². The predicted molar refractivity (Wildman–Crippen MR) is 93.0 cm³/mol. The number of benzene rings is 2. The number of fused-ring (bicyclic) bond motifs is 3. The normalized spacial score (nSPS) is 11.2. The summed E-state index contributed by atoms with van der Waals surface area (Å²) in [7, 11) is 0. The van der Waals surface area contributed by atoms with E-state index >= 15 is 0 Å². The van der Waals surface area contributed by atoms with Crippen molar-refractivity contribution in [1.82, 2.24) is 9.61 Å². The minimum atomic E-state index is 0.665. The molecule has 3 nitrogen and oxygen atoms in total. The van der Waals surface area contributed by atoms with Crippen LogP contribution in [0.3, 0.4) is 0 Å². The zero-order chi connectivity index (χ0) is 16.0. The number of aromatic nitrogens is 2. The molecule has 0 aliphatic carbocycles. The Morgan fingerprint density at radius 2 is 1.78 bits per heavy atom. The number of carbonyl (C=O) groups is 1. The Balaban J connectivity index is 2.23. The van der Waals surface area contributed by atoms with Crippen molar-refractivity contribution < 1.29 is 4.79 Å². The van der Waals surface area contributed by atoms with Crippen LogP contribution in [0.4, 0.5) is 0 Å². The van der Waals surface area contributed by atoms with Gasteiger partial charge in [-0.25, -0.2) is 4.52 Å². The molecule has 2 aromatic heterocycles. The molecule has 0 saturated carbocycles. The standard InChI is InChI=1S/C20H16N2O/c1-13-8-9-16-11-19(15-6-4-3-5-7-15)22-20(17(16)10-13)18(12-23)14(2)21-22/h3-12H,1-2H3. The number of aryl methyl sites for hydroxylation is 2. The molecule has 0 fully saturated rings. The second-order valence-corrected chi connectivity index (χ2v) is 5.86. The third-order valence-corrected chi connectivity index (χ3v) is 4.28. The van der Waals surface area contributed by atoms with E-state index < -0.39 is 0 Å². The molecule has 0 aliphatic rings. The molecule has 112 valence electrons. The summed E-state index contributed by atoms with van der Waals surface area (Å²) in [4.78, 5) is 11.6. The summed E-state index contributed by atoms with van der Waals surface area (Å²) >= 11 is 0. The Labute approximate surface area is 134 Å². The van der Waals surface area contributed by atoms with Crippen molar-refractivity contribution in [2.75, 3.05) is 0 Å². The number of carbonyl (C=O) groups excluding carboxylic acids is 1. The van der Waals surface area contributed by atoms with Gasteiger partial charge in [-0.05, 0) is 31.4 Å². The Kier molecular flexibility index (Phi) is 3.01.